The summed E-state index contributed by atoms with van der Waals surface area (Å²) in [6.07, 6.45) is 1.79. The van der Waals surface area contributed by atoms with Gasteiger partial charge in [0.1, 0.15) is 0 Å². The quantitative estimate of drug-likeness (QED) is 0.401. The molecule has 0 amide bonds. The first-order chi connectivity index (χ1) is 10.8. The third-order valence-corrected chi connectivity index (χ3v) is 4.49. The molecule has 2 aromatic carbocycles. The lowest BCUT2D eigenvalue weighted by molar-refractivity contribution is 1.20. The molecule has 0 unspecified atom stereocenters. The lowest BCUT2D eigenvalue weighted by atomic mass is 10.1. The summed E-state index contributed by atoms with van der Waals surface area (Å²) in [5.41, 5.74) is 2.56. The highest BCUT2D eigenvalue weighted by molar-refractivity contribution is 6.32. The van der Waals surface area contributed by atoms with Crippen molar-refractivity contribution in [3.8, 4) is 0 Å². The van der Waals surface area contributed by atoms with E-state index < -0.39 is 0 Å². The second-order valence-electron chi connectivity index (χ2n) is 5.40. The van der Waals surface area contributed by atoms with Crippen LogP contribution < -0.4 is 5.56 Å². The van der Waals surface area contributed by atoms with E-state index in [1.807, 2.05) is 36.4 Å². The van der Waals surface area contributed by atoms with Crippen LogP contribution in [0.25, 0.3) is 38.1 Å². The molecule has 5 rings (SSSR count). The molecule has 0 fully saturated rings. The van der Waals surface area contributed by atoms with Gasteiger partial charge in [0.15, 0.2) is 0 Å². The van der Waals surface area contributed by atoms with Gasteiger partial charge in [-0.3, -0.25) is 14.2 Å². The zero-order chi connectivity index (χ0) is 14.8. The van der Waals surface area contributed by atoms with Gasteiger partial charge < -0.3 is 0 Å². The lowest BCUT2D eigenvalue weighted by Gasteiger charge is -2.05. The minimum atomic E-state index is -0.0293. The molecule has 0 saturated heterocycles. The first kappa shape index (κ1) is 12.0. The van der Waals surface area contributed by atoms with Crippen molar-refractivity contribution in [2.45, 2.75) is 0 Å². The van der Waals surface area contributed by atoms with Gasteiger partial charge in [0.2, 0.25) is 0 Å². The minimum absolute atomic E-state index is 0.0293. The number of halogens is 1. The average Bonchev–Trinajstić information content (AvgIpc) is 2.88. The Morgan fingerprint density at radius 1 is 0.909 bits per heavy atom. The molecule has 0 spiro atoms. The summed E-state index contributed by atoms with van der Waals surface area (Å²) in [5, 5.41) is 4.15. The molecule has 0 N–H and O–H groups in total. The SMILES string of the molecule is O=c1c2ccc(Cl)cc2c2nccc3c4ccccc4n1c32. The van der Waals surface area contributed by atoms with E-state index in [0.717, 1.165) is 32.7 Å². The van der Waals surface area contributed by atoms with E-state index in [2.05, 4.69) is 4.98 Å². The van der Waals surface area contributed by atoms with E-state index in [9.17, 15) is 4.79 Å². The summed E-state index contributed by atoms with van der Waals surface area (Å²) >= 11 is 6.12. The molecule has 0 atom stereocenters. The first-order valence-corrected chi connectivity index (χ1v) is 7.36. The van der Waals surface area contributed by atoms with Crippen LogP contribution >= 0.6 is 11.6 Å². The summed E-state index contributed by atoms with van der Waals surface area (Å²) in [4.78, 5) is 17.5. The zero-order valence-electron chi connectivity index (χ0n) is 11.4. The maximum Gasteiger partial charge on any atom is 0.263 e. The fraction of sp³-hybridized carbons (Fsp3) is 0. The van der Waals surface area contributed by atoms with Gasteiger partial charge in [-0.2, -0.15) is 0 Å². The number of hydrogen-bond acceptors (Lipinski definition) is 2. The molecular weight excluding hydrogens is 296 g/mol. The van der Waals surface area contributed by atoms with Crippen LogP contribution in [0.15, 0.2) is 59.5 Å². The lowest BCUT2D eigenvalue weighted by Crippen LogP contribution is -2.13. The summed E-state index contributed by atoms with van der Waals surface area (Å²) in [6.45, 7) is 0. The Morgan fingerprint density at radius 2 is 1.77 bits per heavy atom. The topological polar surface area (TPSA) is 34.4 Å². The molecule has 3 heterocycles. The van der Waals surface area contributed by atoms with Crippen LogP contribution in [0, 0.1) is 0 Å². The summed E-state index contributed by atoms with van der Waals surface area (Å²) in [7, 11) is 0. The van der Waals surface area contributed by atoms with Crippen molar-refractivity contribution in [2.75, 3.05) is 0 Å². The van der Waals surface area contributed by atoms with Gasteiger partial charge in [0.25, 0.3) is 5.56 Å². The fourth-order valence-electron chi connectivity index (χ4n) is 3.34. The zero-order valence-corrected chi connectivity index (χ0v) is 12.1. The number of hydrogen-bond donors (Lipinski definition) is 0. The van der Waals surface area contributed by atoms with Gasteiger partial charge in [0.05, 0.1) is 16.6 Å². The van der Waals surface area contributed by atoms with Crippen molar-refractivity contribution in [3.05, 3.63) is 70.1 Å². The van der Waals surface area contributed by atoms with Crippen LogP contribution in [0.1, 0.15) is 0 Å². The van der Waals surface area contributed by atoms with Crippen LogP contribution in [-0.4, -0.2) is 9.38 Å². The van der Waals surface area contributed by atoms with E-state index in [0.29, 0.717) is 10.4 Å². The van der Waals surface area contributed by atoms with E-state index in [1.54, 1.807) is 22.7 Å². The second-order valence-corrected chi connectivity index (χ2v) is 5.84. The molecule has 0 bridgehead atoms. The molecule has 22 heavy (non-hydrogen) atoms. The normalized spacial score (nSPS) is 12.0. The van der Waals surface area contributed by atoms with Crippen molar-refractivity contribution >= 4 is 49.7 Å². The molecule has 3 nitrogen and oxygen atoms in total. The van der Waals surface area contributed by atoms with Crippen molar-refractivity contribution in [1.29, 1.82) is 0 Å². The fourth-order valence-corrected chi connectivity index (χ4v) is 3.51. The summed E-state index contributed by atoms with van der Waals surface area (Å²) in [6, 6.07) is 15.2. The van der Waals surface area contributed by atoms with Crippen molar-refractivity contribution in [2.24, 2.45) is 0 Å². The molecule has 104 valence electrons. The number of rotatable bonds is 0. The largest absolute Gasteiger partial charge is 0.273 e. The van der Waals surface area contributed by atoms with Gasteiger partial charge in [-0.25, -0.2) is 0 Å². The first-order valence-electron chi connectivity index (χ1n) is 6.98. The average molecular weight is 305 g/mol. The standard InChI is InChI=1S/C18H9ClN2O/c19-10-5-6-13-14(9-10)16-17-12(7-8-20-16)11-3-1-2-4-15(11)21(17)18(13)22/h1-9H. The molecule has 3 aromatic heterocycles. The summed E-state index contributed by atoms with van der Waals surface area (Å²) in [5.74, 6) is 0. The van der Waals surface area contributed by atoms with Crippen LogP contribution in [-0.2, 0) is 0 Å². The summed E-state index contributed by atoms with van der Waals surface area (Å²) < 4.78 is 1.77. The maximum absolute atomic E-state index is 13.0. The highest BCUT2D eigenvalue weighted by Gasteiger charge is 2.17. The minimum Gasteiger partial charge on any atom is -0.273 e. The Bertz CT molecular complexity index is 1260. The second kappa shape index (κ2) is 3.96. The Hall–Kier alpha value is -2.65. The van der Waals surface area contributed by atoms with Crippen LogP contribution in [0.3, 0.4) is 0 Å². The van der Waals surface area contributed by atoms with Gasteiger partial charge >= 0.3 is 0 Å². The molecule has 0 aliphatic carbocycles. The van der Waals surface area contributed by atoms with Gasteiger partial charge in [-0.15, -0.1) is 0 Å². The molecule has 5 aromatic rings. The van der Waals surface area contributed by atoms with Gasteiger partial charge in [-0.1, -0.05) is 29.8 Å². The number of aromatic nitrogens is 2. The maximum atomic E-state index is 13.0. The highest BCUT2D eigenvalue weighted by Crippen LogP contribution is 2.33. The Morgan fingerprint density at radius 3 is 2.68 bits per heavy atom. The Balaban J connectivity index is 2.29. The molecular formula is C18H9ClN2O. The third-order valence-electron chi connectivity index (χ3n) is 4.25. The van der Waals surface area contributed by atoms with Crippen molar-refractivity contribution in [3.63, 3.8) is 0 Å². The van der Waals surface area contributed by atoms with E-state index in [-0.39, 0.29) is 5.56 Å². The number of pyridine rings is 2. The van der Waals surface area contributed by atoms with Gasteiger partial charge in [0, 0.05) is 32.8 Å². The van der Waals surface area contributed by atoms with Crippen LogP contribution in [0.5, 0.6) is 0 Å². The number of fused-ring (bicyclic) bond motifs is 5. The number of nitrogens with zero attached hydrogens (tertiary/aromatic N) is 2. The Kier molecular flexibility index (Phi) is 2.15. The molecule has 0 saturated carbocycles. The molecule has 0 radical (unpaired) electrons. The van der Waals surface area contributed by atoms with E-state index in [1.165, 1.54) is 0 Å². The predicted octanol–water partition coefficient (Wildman–Crippen LogP) is 4.25. The highest BCUT2D eigenvalue weighted by atomic mass is 35.5. The van der Waals surface area contributed by atoms with Crippen LogP contribution in [0.2, 0.25) is 5.02 Å². The molecule has 4 heteroatoms. The molecule has 0 aliphatic heterocycles. The smallest absolute Gasteiger partial charge is 0.263 e. The van der Waals surface area contributed by atoms with Gasteiger partial charge in [-0.05, 0) is 30.3 Å². The van der Waals surface area contributed by atoms with Crippen molar-refractivity contribution < 1.29 is 0 Å². The van der Waals surface area contributed by atoms with Crippen molar-refractivity contribution in [1.82, 2.24) is 9.38 Å². The molecule has 0 aliphatic rings. The van der Waals surface area contributed by atoms with E-state index in [4.69, 9.17) is 11.6 Å². The predicted molar refractivity (Wildman–Crippen MR) is 90.2 cm³/mol. The number of benzene rings is 2. The van der Waals surface area contributed by atoms with Crippen LogP contribution in [0.4, 0.5) is 0 Å². The van der Waals surface area contributed by atoms with E-state index >= 15 is 0 Å². The third kappa shape index (κ3) is 1.32. The monoisotopic (exact) mass is 304 g/mol. The number of para-hydroxylation sites is 1. The Labute approximate surface area is 129 Å².